The highest BCUT2D eigenvalue weighted by atomic mass is 16.6. The fraction of sp³-hybridized carbons (Fsp3) is 0.333. The van der Waals surface area contributed by atoms with Crippen molar-refractivity contribution in [2.24, 2.45) is 5.16 Å². The number of benzene rings is 2. The van der Waals surface area contributed by atoms with Gasteiger partial charge in [-0.15, -0.1) is 0 Å². The summed E-state index contributed by atoms with van der Waals surface area (Å²) in [7, 11) is 0. The SMILES string of the molecule is CCNC(=O)C(=NOCC)c1ccccc1COc1cc(C)ccc1C. The lowest BCUT2D eigenvalue weighted by atomic mass is 10.0. The van der Waals surface area contributed by atoms with Gasteiger partial charge in [0, 0.05) is 12.1 Å². The minimum atomic E-state index is -0.264. The second kappa shape index (κ2) is 9.61. The van der Waals surface area contributed by atoms with Crippen LogP contribution in [0.25, 0.3) is 0 Å². The maximum atomic E-state index is 12.4. The molecule has 0 spiro atoms. The van der Waals surface area contributed by atoms with Crippen LogP contribution in [0.15, 0.2) is 47.6 Å². The first-order valence-corrected chi connectivity index (χ1v) is 8.83. The molecule has 0 heterocycles. The van der Waals surface area contributed by atoms with Crippen molar-refractivity contribution in [3.63, 3.8) is 0 Å². The van der Waals surface area contributed by atoms with Gasteiger partial charge in [-0.1, -0.05) is 41.6 Å². The van der Waals surface area contributed by atoms with E-state index < -0.39 is 0 Å². The van der Waals surface area contributed by atoms with Crippen LogP contribution in [0.5, 0.6) is 5.75 Å². The molecule has 0 fully saturated rings. The van der Waals surface area contributed by atoms with E-state index in [1.54, 1.807) is 0 Å². The van der Waals surface area contributed by atoms with Gasteiger partial charge < -0.3 is 14.9 Å². The molecule has 5 nitrogen and oxygen atoms in total. The van der Waals surface area contributed by atoms with E-state index in [0.29, 0.717) is 25.3 Å². The van der Waals surface area contributed by atoms with E-state index in [-0.39, 0.29) is 11.6 Å². The molecule has 0 radical (unpaired) electrons. The Bertz CT molecular complexity index is 785. The lowest BCUT2D eigenvalue weighted by molar-refractivity contribution is -0.114. The van der Waals surface area contributed by atoms with Crippen molar-refractivity contribution in [2.75, 3.05) is 13.2 Å². The van der Waals surface area contributed by atoms with Gasteiger partial charge in [0.2, 0.25) is 0 Å². The van der Waals surface area contributed by atoms with Gasteiger partial charge in [0.1, 0.15) is 19.0 Å². The maximum absolute atomic E-state index is 12.4. The van der Waals surface area contributed by atoms with Crippen LogP contribution in [-0.2, 0) is 16.2 Å². The monoisotopic (exact) mass is 354 g/mol. The van der Waals surface area contributed by atoms with E-state index >= 15 is 0 Å². The number of likely N-dealkylation sites (N-methyl/N-ethyl adjacent to an activating group) is 1. The van der Waals surface area contributed by atoms with Crippen LogP contribution in [0.1, 0.15) is 36.1 Å². The molecule has 2 aromatic carbocycles. The predicted molar refractivity (Wildman–Crippen MR) is 104 cm³/mol. The number of hydrogen-bond donors (Lipinski definition) is 1. The molecule has 5 heteroatoms. The highest BCUT2D eigenvalue weighted by Crippen LogP contribution is 2.21. The summed E-state index contributed by atoms with van der Waals surface area (Å²) in [5.74, 6) is 0.571. The number of nitrogens with zero attached hydrogens (tertiary/aromatic N) is 1. The quantitative estimate of drug-likeness (QED) is 0.580. The summed E-state index contributed by atoms with van der Waals surface area (Å²) >= 11 is 0. The highest BCUT2D eigenvalue weighted by Gasteiger charge is 2.18. The van der Waals surface area contributed by atoms with E-state index in [0.717, 1.165) is 22.4 Å². The number of aryl methyl sites for hydroxylation is 2. The standard InChI is InChI=1S/C21H26N2O3/c1-5-22-21(24)20(23-26-6-2)18-10-8-7-9-17(18)14-25-19-13-15(3)11-12-16(19)4/h7-13H,5-6,14H2,1-4H3,(H,22,24). The van der Waals surface area contributed by atoms with Gasteiger partial charge in [-0.05, 0) is 50.5 Å². The molecule has 26 heavy (non-hydrogen) atoms. The van der Waals surface area contributed by atoms with E-state index in [9.17, 15) is 4.79 Å². The summed E-state index contributed by atoms with van der Waals surface area (Å²) in [6, 6.07) is 13.7. The maximum Gasteiger partial charge on any atom is 0.273 e. The number of amides is 1. The van der Waals surface area contributed by atoms with Gasteiger partial charge in [0.25, 0.3) is 5.91 Å². The number of carbonyl (C=O) groups excluding carboxylic acids is 1. The molecule has 2 aromatic rings. The molecule has 0 aliphatic carbocycles. The van der Waals surface area contributed by atoms with Crippen molar-refractivity contribution in [3.05, 3.63) is 64.7 Å². The smallest absolute Gasteiger partial charge is 0.273 e. The van der Waals surface area contributed by atoms with E-state index in [1.807, 2.05) is 64.1 Å². The Morgan fingerprint density at radius 2 is 1.88 bits per heavy atom. The van der Waals surface area contributed by atoms with Crippen molar-refractivity contribution in [3.8, 4) is 5.75 Å². The van der Waals surface area contributed by atoms with E-state index in [1.165, 1.54) is 0 Å². The Morgan fingerprint density at radius 1 is 1.12 bits per heavy atom. The van der Waals surface area contributed by atoms with Gasteiger partial charge in [0.05, 0.1) is 0 Å². The van der Waals surface area contributed by atoms with Crippen LogP contribution in [0, 0.1) is 13.8 Å². The number of rotatable bonds is 8. The van der Waals surface area contributed by atoms with Gasteiger partial charge in [-0.25, -0.2) is 0 Å². The summed E-state index contributed by atoms with van der Waals surface area (Å²) in [5.41, 5.74) is 4.05. The van der Waals surface area contributed by atoms with Gasteiger partial charge in [-0.2, -0.15) is 0 Å². The Balaban J connectivity index is 2.30. The van der Waals surface area contributed by atoms with Crippen molar-refractivity contribution < 1.29 is 14.4 Å². The molecule has 138 valence electrons. The number of nitrogens with one attached hydrogen (secondary N) is 1. The fourth-order valence-corrected chi connectivity index (χ4v) is 2.48. The average Bonchev–Trinajstić information content (AvgIpc) is 2.64. The molecular weight excluding hydrogens is 328 g/mol. The molecule has 0 aliphatic rings. The molecule has 2 rings (SSSR count). The van der Waals surface area contributed by atoms with Gasteiger partial charge in [-0.3, -0.25) is 4.79 Å². The van der Waals surface area contributed by atoms with Crippen molar-refractivity contribution in [1.82, 2.24) is 5.32 Å². The van der Waals surface area contributed by atoms with Crippen molar-refractivity contribution in [1.29, 1.82) is 0 Å². The summed E-state index contributed by atoms with van der Waals surface area (Å²) in [6.07, 6.45) is 0. The number of oxime groups is 1. The molecule has 0 unspecified atom stereocenters. The molecular formula is C21H26N2O3. The molecule has 1 amide bonds. The van der Waals surface area contributed by atoms with Crippen LogP contribution in [0.3, 0.4) is 0 Å². The molecule has 0 saturated heterocycles. The second-order valence-electron chi connectivity index (χ2n) is 5.93. The summed E-state index contributed by atoms with van der Waals surface area (Å²) < 4.78 is 6.01. The minimum absolute atomic E-state index is 0.258. The average molecular weight is 354 g/mol. The third-order valence-electron chi connectivity index (χ3n) is 3.84. The third kappa shape index (κ3) is 5.09. The van der Waals surface area contributed by atoms with Crippen molar-refractivity contribution in [2.45, 2.75) is 34.3 Å². The van der Waals surface area contributed by atoms with Crippen LogP contribution < -0.4 is 10.1 Å². The Labute approximate surface area is 155 Å². The van der Waals surface area contributed by atoms with Crippen LogP contribution in [0.4, 0.5) is 0 Å². The summed E-state index contributed by atoms with van der Waals surface area (Å²) in [5, 5.41) is 6.81. The van der Waals surface area contributed by atoms with Gasteiger partial charge in [0.15, 0.2) is 5.71 Å². The summed E-state index contributed by atoms with van der Waals surface area (Å²) in [6.45, 7) is 8.99. The number of ether oxygens (including phenoxy) is 1. The third-order valence-corrected chi connectivity index (χ3v) is 3.84. The predicted octanol–water partition coefficient (Wildman–Crippen LogP) is 3.76. The van der Waals surface area contributed by atoms with Crippen LogP contribution in [0.2, 0.25) is 0 Å². The zero-order chi connectivity index (χ0) is 18.9. The molecule has 0 saturated carbocycles. The van der Waals surface area contributed by atoms with Crippen LogP contribution in [-0.4, -0.2) is 24.8 Å². The second-order valence-corrected chi connectivity index (χ2v) is 5.93. The lowest BCUT2D eigenvalue weighted by Gasteiger charge is -2.14. The first-order valence-electron chi connectivity index (χ1n) is 8.83. The normalized spacial score (nSPS) is 11.2. The zero-order valence-corrected chi connectivity index (χ0v) is 15.8. The first-order chi connectivity index (χ1) is 12.6. The Hall–Kier alpha value is -2.82. The lowest BCUT2D eigenvalue weighted by Crippen LogP contribution is -2.32. The van der Waals surface area contributed by atoms with E-state index in [4.69, 9.17) is 9.57 Å². The minimum Gasteiger partial charge on any atom is -0.489 e. The Morgan fingerprint density at radius 3 is 2.62 bits per heavy atom. The van der Waals surface area contributed by atoms with Gasteiger partial charge >= 0.3 is 0 Å². The molecule has 0 aromatic heterocycles. The number of hydrogen-bond acceptors (Lipinski definition) is 4. The number of carbonyl (C=O) groups is 1. The summed E-state index contributed by atoms with van der Waals surface area (Å²) in [4.78, 5) is 17.6. The Kier molecular flexibility index (Phi) is 7.21. The molecule has 0 atom stereocenters. The van der Waals surface area contributed by atoms with Crippen molar-refractivity contribution >= 4 is 11.6 Å². The molecule has 0 aliphatic heterocycles. The topological polar surface area (TPSA) is 59.9 Å². The van der Waals surface area contributed by atoms with Crippen LogP contribution >= 0.6 is 0 Å². The van der Waals surface area contributed by atoms with E-state index in [2.05, 4.69) is 16.5 Å². The fourth-order valence-electron chi connectivity index (χ4n) is 2.48. The first kappa shape index (κ1) is 19.5. The highest BCUT2D eigenvalue weighted by molar-refractivity contribution is 6.45. The largest absolute Gasteiger partial charge is 0.489 e. The molecule has 0 bridgehead atoms. The zero-order valence-electron chi connectivity index (χ0n) is 15.8. The molecule has 1 N–H and O–H groups in total.